The van der Waals surface area contributed by atoms with Gasteiger partial charge in [-0.25, -0.2) is 8.42 Å². The number of halogens is 4. The van der Waals surface area contributed by atoms with Crippen molar-refractivity contribution in [1.82, 2.24) is 10.6 Å². The van der Waals surface area contributed by atoms with Crippen molar-refractivity contribution in [1.29, 1.82) is 0 Å². The van der Waals surface area contributed by atoms with E-state index in [1.165, 1.54) is 24.3 Å². The zero-order valence-corrected chi connectivity index (χ0v) is 24.7. The highest BCUT2D eigenvalue weighted by atomic mass is 35.5. The Balaban J connectivity index is 2.20. The maximum Gasteiger partial charge on any atom is 0.206 e. The van der Waals surface area contributed by atoms with Crippen molar-refractivity contribution in [2.45, 2.75) is 61.8 Å². The van der Waals surface area contributed by atoms with Gasteiger partial charge in [-0.3, -0.25) is 0 Å². The second-order valence-corrected chi connectivity index (χ2v) is 12.6. The summed E-state index contributed by atoms with van der Waals surface area (Å²) in [5.74, 6) is 0.104. The van der Waals surface area contributed by atoms with Gasteiger partial charge >= 0.3 is 0 Å². The molecular weight excluding hydrogens is 586 g/mol. The van der Waals surface area contributed by atoms with E-state index in [9.17, 15) is 18.6 Å². The maximum absolute atomic E-state index is 13.3. The number of benzene rings is 2. The number of rotatable bonds is 14. The fourth-order valence-electron chi connectivity index (χ4n) is 3.02. The topological polar surface area (TPSA) is 117 Å². The molecule has 13 heteroatoms. The minimum Gasteiger partial charge on any atom is -0.488 e. The molecule has 4 N–H and O–H groups in total. The fraction of sp³-hybridized carbons (Fsp3) is 0.500. The van der Waals surface area contributed by atoms with Crippen LogP contribution >= 0.6 is 46.4 Å². The normalized spacial score (nSPS) is 13.7. The first-order chi connectivity index (χ1) is 17.2. The molecular formula is C24H32Cl4N2O6S. The quantitative estimate of drug-likeness (QED) is 0.243. The molecule has 0 aliphatic carbocycles. The standard InChI is InChI=1S/C24H32Cl4N2O6S/c1-13(2)29-9-15(31)11-35-23-19(25)5-17(6-20(23)26)37(33,34)18-7-21(27)24(22(28)8-18)36-12-16(32)10-30-14(3)4/h5-8,13-16,29-32H,9-12H2,1-4H3. The van der Waals surface area contributed by atoms with Gasteiger partial charge in [0.2, 0.25) is 9.84 Å². The zero-order chi connectivity index (χ0) is 27.9. The predicted molar refractivity (Wildman–Crippen MR) is 148 cm³/mol. The Hall–Kier alpha value is -1.01. The number of hydrogen-bond donors (Lipinski definition) is 4. The number of ether oxygens (including phenoxy) is 2. The molecule has 0 fully saturated rings. The number of aliphatic hydroxyl groups excluding tert-OH is 2. The highest BCUT2D eigenvalue weighted by molar-refractivity contribution is 7.91. The van der Waals surface area contributed by atoms with Gasteiger partial charge in [0.1, 0.15) is 25.4 Å². The van der Waals surface area contributed by atoms with E-state index in [0.717, 1.165) is 0 Å². The molecule has 8 nitrogen and oxygen atoms in total. The van der Waals surface area contributed by atoms with E-state index in [4.69, 9.17) is 55.9 Å². The molecule has 0 radical (unpaired) electrons. The van der Waals surface area contributed by atoms with Gasteiger partial charge in [-0.15, -0.1) is 0 Å². The molecule has 2 aromatic carbocycles. The summed E-state index contributed by atoms with van der Waals surface area (Å²) in [6.45, 7) is 8.18. The van der Waals surface area contributed by atoms with Crippen molar-refractivity contribution in [3.63, 3.8) is 0 Å². The lowest BCUT2D eigenvalue weighted by Gasteiger charge is -2.18. The van der Waals surface area contributed by atoms with Crippen molar-refractivity contribution >= 4 is 56.2 Å². The van der Waals surface area contributed by atoms with Crippen LogP contribution in [-0.4, -0.2) is 69.2 Å². The number of sulfone groups is 1. The molecule has 0 aromatic heterocycles. The van der Waals surface area contributed by atoms with Gasteiger partial charge < -0.3 is 30.3 Å². The van der Waals surface area contributed by atoms with E-state index < -0.39 is 22.0 Å². The highest BCUT2D eigenvalue weighted by Crippen LogP contribution is 2.40. The SMILES string of the molecule is CC(C)NCC(O)COc1c(Cl)cc(S(=O)(=O)c2cc(Cl)c(OCC(O)CNC(C)C)c(Cl)c2)cc1Cl. The van der Waals surface area contributed by atoms with Crippen molar-refractivity contribution in [3.05, 3.63) is 44.4 Å². The molecule has 0 amide bonds. The summed E-state index contributed by atoms with van der Waals surface area (Å²) < 4.78 is 37.6. The first kappa shape index (κ1) is 32.2. The third kappa shape index (κ3) is 9.60. The van der Waals surface area contributed by atoms with Gasteiger partial charge in [0.05, 0.1) is 29.9 Å². The zero-order valence-electron chi connectivity index (χ0n) is 20.9. The molecule has 0 bridgehead atoms. The number of aliphatic hydroxyl groups is 2. The van der Waals surface area contributed by atoms with E-state index in [0.29, 0.717) is 13.1 Å². The van der Waals surface area contributed by atoms with Crippen LogP contribution < -0.4 is 20.1 Å². The first-order valence-corrected chi connectivity index (χ1v) is 14.5. The smallest absolute Gasteiger partial charge is 0.206 e. The lowest BCUT2D eigenvalue weighted by atomic mass is 10.3. The van der Waals surface area contributed by atoms with Crippen LogP contribution in [0.2, 0.25) is 20.1 Å². The molecule has 0 saturated carbocycles. The Morgan fingerprint density at radius 1 is 0.703 bits per heavy atom. The summed E-state index contributed by atoms with van der Waals surface area (Å²) in [7, 11) is -4.13. The molecule has 0 saturated heterocycles. The Labute approximate surface area is 238 Å². The van der Waals surface area contributed by atoms with Crippen LogP contribution in [0.25, 0.3) is 0 Å². The third-order valence-corrected chi connectivity index (χ3v) is 7.76. The Bertz CT molecular complexity index is 1030. The molecule has 0 aliphatic heterocycles. The second kappa shape index (κ2) is 14.4. The average molecular weight is 618 g/mol. The Morgan fingerprint density at radius 2 is 1.00 bits per heavy atom. The van der Waals surface area contributed by atoms with Crippen LogP contribution in [0, 0.1) is 0 Å². The van der Waals surface area contributed by atoms with Crippen LogP contribution in [0.3, 0.4) is 0 Å². The minimum atomic E-state index is -4.13. The van der Waals surface area contributed by atoms with Gasteiger partial charge in [0.15, 0.2) is 11.5 Å². The van der Waals surface area contributed by atoms with Gasteiger partial charge in [-0.2, -0.15) is 0 Å². The highest BCUT2D eigenvalue weighted by Gasteiger charge is 2.25. The van der Waals surface area contributed by atoms with E-state index in [1.54, 1.807) is 0 Å². The van der Waals surface area contributed by atoms with Gasteiger partial charge in [0, 0.05) is 25.2 Å². The molecule has 0 aliphatic rings. The summed E-state index contributed by atoms with van der Waals surface area (Å²) in [6.07, 6.45) is -1.65. The van der Waals surface area contributed by atoms with Crippen LogP contribution in [0.15, 0.2) is 34.1 Å². The average Bonchev–Trinajstić information content (AvgIpc) is 2.79. The summed E-state index contributed by atoms with van der Waals surface area (Å²) in [5, 5.41) is 26.1. The first-order valence-electron chi connectivity index (χ1n) is 11.5. The molecule has 37 heavy (non-hydrogen) atoms. The monoisotopic (exact) mass is 616 g/mol. The van der Waals surface area contributed by atoms with Crippen molar-refractivity contribution in [2.24, 2.45) is 0 Å². The Kier molecular flexibility index (Phi) is 12.5. The van der Waals surface area contributed by atoms with Crippen LogP contribution in [0.4, 0.5) is 0 Å². The fourth-order valence-corrected chi connectivity index (χ4v) is 5.83. The molecule has 0 heterocycles. The lowest BCUT2D eigenvalue weighted by molar-refractivity contribution is 0.104. The maximum atomic E-state index is 13.3. The van der Waals surface area contributed by atoms with Crippen LogP contribution in [0.5, 0.6) is 11.5 Å². The van der Waals surface area contributed by atoms with Crippen LogP contribution in [0.1, 0.15) is 27.7 Å². The number of hydrogen-bond acceptors (Lipinski definition) is 8. The molecule has 0 spiro atoms. The van der Waals surface area contributed by atoms with Gasteiger partial charge in [0.25, 0.3) is 0 Å². The summed E-state index contributed by atoms with van der Waals surface area (Å²) in [5.41, 5.74) is 0. The summed E-state index contributed by atoms with van der Waals surface area (Å²) >= 11 is 25.1. The van der Waals surface area contributed by atoms with Crippen molar-refractivity contribution in [2.75, 3.05) is 26.3 Å². The van der Waals surface area contributed by atoms with Crippen LogP contribution in [-0.2, 0) is 9.84 Å². The van der Waals surface area contributed by atoms with Crippen molar-refractivity contribution < 1.29 is 28.1 Å². The van der Waals surface area contributed by atoms with Gasteiger partial charge in [-0.05, 0) is 24.3 Å². The molecule has 2 unspecified atom stereocenters. The summed E-state index contributed by atoms with van der Waals surface area (Å²) in [4.78, 5) is -0.402. The minimum absolute atomic E-state index is 0.0452. The van der Waals surface area contributed by atoms with E-state index in [-0.39, 0.29) is 66.7 Å². The molecule has 208 valence electrons. The predicted octanol–water partition coefficient (Wildman–Crippen LogP) is 4.61. The largest absolute Gasteiger partial charge is 0.488 e. The molecule has 2 rings (SSSR count). The van der Waals surface area contributed by atoms with Crippen molar-refractivity contribution in [3.8, 4) is 11.5 Å². The third-order valence-electron chi connectivity index (χ3n) is 4.93. The summed E-state index contributed by atoms with van der Waals surface area (Å²) in [6, 6.07) is 5.16. The van der Waals surface area contributed by atoms with E-state index in [2.05, 4.69) is 10.6 Å². The van der Waals surface area contributed by atoms with E-state index >= 15 is 0 Å². The van der Waals surface area contributed by atoms with E-state index in [1.807, 2.05) is 27.7 Å². The Morgan fingerprint density at radius 3 is 1.27 bits per heavy atom. The second-order valence-electron chi connectivity index (χ2n) is 8.99. The lowest BCUT2D eigenvalue weighted by Crippen LogP contribution is -2.35. The molecule has 2 aromatic rings. The number of nitrogens with one attached hydrogen (secondary N) is 2. The van der Waals surface area contributed by atoms with Gasteiger partial charge in [-0.1, -0.05) is 74.1 Å². The molecule has 2 atom stereocenters.